The predicted molar refractivity (Wildman–Crippen MR) is 69.9 cm³/mol. The summed E-state index contributed by atoms with van der Waals surface area (Å²) in [5.74, 6) is 0.545. The molecule has 1 fully saturated rings. The van der Waals surface area contributed by atoms with Crippen molar-refractivity contribution in [3.05, 3.63) is 0 Å². The van der Waals surface area contributed by atoms with Gasteiger partial charge in [0, 0.05) is 31.0 Å². The summed E-state index contributed by atoms with van der Waals surface area (Å²) in [4.78, 5) is 0.270. The van der Waals surface area contributed by atoms with Crippen LogP contribution in [0.25, 0.3) is 0 Å². The second-order valence-electron chi connectivity index (χ2n) is 4.23. The van der Waals surface area contributed by atoms with Crippen molar-refractivity contribution < 1.29 is 8.42 Å². The number of piperidine rings is 1. The van der Waals surface area contributed by atoms with Crippen LogP contribution < -0.4 is 0 Å². The highest BCUT2D eigenvalue weighted by atomic mass is 79.9. The van der Waals surface area contributed by atoms with Gasteiger partial charge in [0.2, 0.25) is 0 Å². The third-order valence-corrected chi connectivity index (χ3v) is 6.53. The number of rotatable bonds is 4. The molecule has 16 heavy (non-hydrogen) atoms. The van der Waals surface area contributed by atoms with E-state index in [2.05, 4.69) is 22.9 Å². The SMILES string of the molecule is CCN(CC)S(=O)(=O)N1CCC(C)C(Br)C1. The maximum Gasteiger partial charge on any atom is 0.281 e. The number of hydrogen-bond donors (Lipinski definition) is 0. The van der Waals surface area contributed by atoms with E-state index >= 15 is 0 Å². The normalized spacial score (nSPS) is 28.6. The fourth-order valence-corrected chi connectivity index (χ4v) is 4.39. The summed E-state index contributed by atoms with van der Waals surface area (Å²) >= 11 is 3.55. The average Bonchev–Trinajstić information content (AvgIpc) is 2.23. The molecule has 0 aromatic rings. The van der Waals surface area contributed by atoms with Gasteiger partial charge in [-0.3, -0.25) is 0 Å². The van der Waals surface area contributed by atoms with Gasteiger partial charge in [-0.2, -0.15) is 17.0 Å². The maximum absolute atomic E-state index is 12.2. The van der Waals surface area contributed by atoms with Crippen LogP contribution in [0.1, 0.15) is 27.2 Å². The summed E-state index contributed by atoms with van der Waals surface area (Å²) in [6.45, 7) is 8.21. The lowest BCUT2D eigenvalue weighted by Gasteiger charge is -2.36. The minimum absolute atomic E-state index is 0.270. The minimum atomic E-state index is -3.24. The lowest BCUT2D eigenvalue weighted by atomic mass is 10.0. The lowest BCUT2D eigenvalue weighted by Crippen LogP contribution is -2.49. The van der Waals surface area contributed by atoms with E-state index in [9.17, 15) is 8.42 Å². The van der Waals surface area contributed by atoms with Crippen molar-refractivity contribution in [1.82, 2.24) is 8.61 Å². The molecule has 1 saturated heterocycles. The number of halogens is 1. The Balaban J connectivity index is 2.77. The topological polar surface area (TPSA) is 40.6 Å². The Bertz CT molecular complexity index is 317. The summed E-state index contributed by atoms with van der Waals surface area (Å²) in [5, 5.41) is 0. The molecule has 6 heteroatoms. The molecule has 1 rings (SSSR count). The number of nitrogens with zero attached hydrogens (tertiary/aromatic N) is 2. The van der Waals surface area contributed by atoms with Crippen LogP contribution >= 0.6 is 15.9 Å². The smallest absolute Gasteiger partial charge is 0.195 e. The highest BCUT2D eigenvalue weighted by Crippen LogP contribution is 2.25. The van der Waals surface area contributed by atoms with Gasteiger partial charge in [0.25, 0.3) is 10.2 Å². The van der Waals surface area contributed by atoms with Gasteiger partial charge in [-0.15, -0.1) is 0 Å². The van der Waals surface area contributed by atoms with Crippen molar-refractivity contribution in [3.8, 4) is 0 Å². The van der Waals surface area contributed by atoms with E-state index in [0.29, 0.717) is 32.1 Å². The average molecular weight is 313 g/mol. The Kier molecular flexibility index (Phi) is 5.22. The van der Waals surface area contributed by atoms with Gasteiger partial charge in [-0.1, -0.05) is 36.7 Å². The summed E-state index contributed by atoms with van der Waals surface area (Å²) in [6.07, 6.45) is 0.927. The van der Waals surface area contributed by atoms with Crippen LogP contribution in [-0.4, -0.2) is 48.0 Å². The molecule has 0 spiro atoms. The first-order chi connectivity index (χ1) is 7.43. The second-order valence-corrected chi connectivity index (χ2v) is 7.34. The van der Waals surface area contributed by atoms with Gasteiger partial charge in [-0.25, -0.2) is 0 Å². The van der Waals surface area contributed by atoms with Gasteiger partial charge in [0.05, 0.1) is 0 Å². The van der Waals surface area contributed by atoms with E-state index in [0.717, 1.165) is 6.42 Å². The van der Waals surface area contributed by atoms with Gasteiger partial charge in [0.1, 0.15) is 0 Å². The van der Waals surface area contributed by atoms with E-state index < -0.39 is 10.2 Å². The molecule has 0 radical (unpaired) electrons. The first-order valence-electron chi connectivity index (χ1n) is 5.82. The molecule has 0 bridgehead atoms. The van der Waals surface area contributed by atoms with Gasteiger partial charge in [-0.05, 0) is 12.3 Å². The zero-order chi connectivity index (χ0) is 12.3. The number of hydrogen-bond acceptors (Lipinski definition) is 2. The quantitative estimate of drug-likeness (QED) is 0.741. The van der Waals surface area contributed by atoms with Crippen LogP contribution in [0.15, 0.2) is 0 Å². The second kappa shape index (κ2) is 5.80. The van der Waals surface area contributed by atoms with Crippen LogP contribution in [0.2, 0.25) is 0 Å². The monoisotopic (exact) mass is 312 g/mol. The van der Waals surface area contributed by atoms with Crippen LogP contribution in [0.4, 0.5) is 0 Å². The lowest BCUT2D eigenvalue weighted by molar-refractivity contribution is 0.277. The third kappa shape index (κ3) is 2.97. The molecule has 1 heterocycles. The van der Waals surface area contributed by atoms with Crippen molar-refractivity contribution >= 4 is 26.1 Å². The molecule has 4 nitrogen and oxygen atoms in total. The van der Waals surface area contributed by atoms with Crippen molar-refractivity contribution in [3.63, 3.8) is 0 Å². The molecule has 2 atom stereocenters. The van der Waals surface area contributed by atoms with E-state index in [1.54, 1.807) is 4.31 Å². The molecule has 0 amide bonds. The Labute approximate surface area is 107 Å². The van der Waals surface area contributed by atoms with Crippen LogP contribution in [0.5, 0.6) is 0 Å². The molecule has 0 aromatic carbocycles. The molecular formula is C10H21BrN2O2S. The van der Waals surface area contributed by atoms with E-state index in [-0.39, 0.29) is 4.83 Å². The summed E-state index contributed by atoms with van der Waals surface area (Å²) in [6, 6.07) is 0. The van der Waals surface area contributed by atoms with E-state index in [1.165, 1.54) is 4.31 Å². The largest absolute Gasteiger partial charge is 0.281 e. The Morgan fingerprint density at radius 3 is 2.38 bits per heavy atom. The van der Waals surface area contributed by atoms with Gasteiger partial charge < -0.3 is 0 Å². The van der Waals surface area contributed by atoms with Crippen LogP contribution in [-0.2, 0) is 10.2 Å². The molecule has 0 aliphatic carbocycles. The van der Waals surface area contributed by atoms with Crippen LogP contribution in [0, 0.1) is 5.92 Å². The van der Waals surface area contributed by atoms with Crippen molar-refractivity contribution in [1.29, 1.82) is 0 Å². The highest BCUT2D eigenvalue weighted by molar-refractivity contribution is 9.09. The minimum Gasteiger partial charge on any atom is -0.195 e. The fraction of sp³-hybridized carbons (Fsp3) is 1.00. The number of alkyl halides is 1. The summed E-state index contributed by atoms with van der Waals surface area (Å²) < 4.78 is 27.6. The predicted octanol–water partition coefficient (Wildman–Crippen LogP) is 1.68. The van der Waals surface area contributed by atoms with Gasteiger partial charge >= 0.3 is 0 Å². The molecule has 0 N–H and O–H groups in total. The van der Waals surface area contributed by atoms with E-state index in [4.69, 9.17) is 0 Å². The molecule has 2 unspecified atom stereocenters. The molecule has 0 saturated carbocycles. The highest BCUT2D eigenvalue weighted by Gasteiger charge is 2.34. The first-order valence-corrected chi connectivity index (χ1v) is 8.14. The van der Waals surface area contributed by atoms with Crippen molar-refractivity contribution in [2.75, 3.05) is 26.2 Å². The molecule has 96 valence electrons. The van der Waals surface area contributed by atoms with Crippen molar-refractivity contribution in [2.24, 2.45) is 5.92 Å². The third-order valence-electron chi connectivity index (χ3n) is 3.19. The zero-order valence-electron chi connectivity index (χ0n) is 10.2. The Morgan fingerprint density at radius 2 is 1.94 bits per heavy atom. The summed E-state index contributed by atoms with van der Waals surface area (Å²) in [5.41, 5.74) is 0. The summed E-state index contributed by atoms with van der Waals surface area (Å²) in [7, 11) is -3.24. The maximum atomic E-state index is 12.2. The first kappa shape index (κ1) is 14.4. The molecule has 0 aromatic heterocycles. The Morgan fingerprint density at radius 1 is 1.38 bits per heavy atom. The molecule has 1 aliphatic rings. The zero-order valence-corrected chi connectivity index (χ0v) is 12.6. The van der Waals surface area contributed by atoms with E-state index in [1.807, 2.05) is 13.8 Å². The molecule has 1 aliphatic heterocycles. The van der Waals surface area contributed by atoms with Crippen LogP contribution in [0.3, 0.4) is 0 Å². The Hall–Kier alpha value is 0.350. The van der Waals surface area contributed by atoms with Gasteiger partial charge in [0.15, 0.2) is 0 Å². The van der Waals surface area contributed by atoms with Crippen molar-refractivity contribution in [2.45, 2.75) is 32.0 Å². The molecular weight excluding hydrogens is 292 g/mol. The fourth-order valence-electron chi connectivity index (χ4n) is 1.92. The standard InChI is InChI=1S/C10H21BrN2O2S/c1-4-12(5-2)16(14,15)13-7-6-9(3)10(11)8-13/h9-10H,4-8H2,1-3H3.